The van der Waals surface area contributed by atoms with Crippen LogP contribution in [0, 0.1) is 0 Å². The molecule has 0 N–H and O–H groups in total. The Morgan fingerprint density at radius 3 is 2.15 bits per heavy atom. The van der Waals surface area contributed by atoms with Gasteiger partial charge in [0.2, 0.25) is 0 Å². The molecule has 2 unspecified atom stereocenters. The molecule has 2 atom stereocenters. The van der Waals surface area contributed by atoms with E-state index in [0.29, 0.717) is 0 Å². The van der Waals surface area contributed by atoms with Gasteiger partial charge in [-0.25, -0.2) is 13.2 Å². The van der Waals surface area contributed by atoms with Crippen molar-refractivity contribution in [3.8, 4) is 0 Å². The lowest BCUT2D eigenvalue weighted by atomic mass is 10.4. The molecule has 2 nitrogen and oxygen atoms in total. The van der Waals surface area contributed by atoms with Gasteiger partial charge in [-0.15, -0.1) is 0 Å². The molecule has 0 bridgehead atoms. The highest BCUT2D eigenvalue weighted by atomic mass is 19.3. The fourth-order valence-electron chi connectivity index (χ4n) is 1.44. The van der Waals surface area contributed by atoms with Crippen LogP contribution in [0.4, 0.5) is 13.2 Å². The Hall–Kier alpha value is -0.290. The Morgan fingerprint density at radius 1 is 1.15 bits per heavy atom. The van der Waals surface area contributed by atoms with E-state index < -0.39 is 19.0 Å². The third kappa shape index (κ3) is 3.15. The molecule has 1 aliphatic heterocycles. The van der Waals surface area contributed by atoms with Crippen LogP contribution in [0.1, 0.15) is 19.8 Å². The fraction of sp³-hybridized carbons (Fsp3) is 1.00. The SMILES string of the molecule is CC(OC(F)C(F)F)N1CCCC1. The van der Waals surface area contributed by atoms with E-state index in [9.17, 15) is 13.2 Å². The first kappa shape index (κ1) is 10.8. The number of alkyl halides is 3. The van der Waals surface area contributed by atoms with Crippen molar-refractivity contribution in [2.45, 2.75) is 38.8 Å². The normalized spacial score (nSPS) is 23.8. The average molecular weight is 197 g/mol. The number of likely N-dealkylation sites (tertiary alicyclic amines) is 1. The van der Waals surface area contributed by atoms with Gasteiger partial charge in [0.15, 0.2) is 0 Å². The molecule has 0 spiro atoms. The van der Waals surface area contributed by atoms with Crippen LogP contribution in [0.3, 0.4) is 0 Å². The van der Waals surface area contributed by atoms with E-state index in [-0.39, 0.29) is 0 Å². The van der Waals surface area contributed by atoms with Gasteiger partial charge in [0.05, 0.1) is 0 Å². The standard InChI is InChI=1S/C8H14F3NO/c1-6(12-4-2-3-5-12)13-8(11)7(9)10/h6-8H,2-5H2,1H3. The van der Waals surface area contributed by atoms with Gasteiger partial charge in [0.25, 0.3) is 12.8 Å². The smallest absolute Gasteiger partial charge is 0.293 e. The van der Waals surface area contributed by atoms with Crippen molar-refractivity contribution in [3.63, 3.8) is 0 Å². The van der Waals surface area contributed by atoms with Gasteiger partial charge in [-0.05, 0) is 19.8 Å². The van der Waals surface area contributed by atoms with Crippen molar-refractivity contribution in [3.05, 3.63) is 0 Å². The van der Waals surface area contributed by atoms with Crippen LogP contribution in [0.15, 0.2) is 0 Å². The second-order valence-electron chi connectivity index (χ2n) is 3.16. The zero-order valence-electron chi connectivity index (χ0n) is 7.55. The molecule has 0 aromatic heterocycles. The molecule has 13 heavy (non-hydrogen) atoms. The molecule has 0 amide bonds. The van der Waals surface area contributed by atoms with Gasteiger partial charge in [0, 0.05) is 13.1 Å². The largest absolute Gasteiger partial charge is 0.325 e. The summed E-state index contributed by atoms with van der Waals surface area (Å²) in [6.45, 7) is 3.20. The Balaban J connectivity index is 2.26. The predicted molar refractivity (Wildman–Crippen MR) is 42.3 cm³/mol. The van der Waals surface area contributed by atoms with E-state index in [4.69, 9.17) is 0 Å². The van der Waals surface area contributed by atoms with Crippen LogP contribution in [0.2, 0.25) is 0 Å². The second kappa shape index (κ2) is 4.81. The summed E-state index contributed by atoms with van der Waals surface area (Å²) in [4.78, 5) is 1.86. The Morgan fingerprint density at radius 2 is 1.69 bits per heavy atom. The van der Waals surface area contributed by atoms with Gasteiger partial charge in [0.1, 0.15) is 6.23 Å². The van der Waals surface area contributed by atoms with Crippen LogP contribution in [0.5, 0.6) is 0 Å². The summed E-state index contributed by atoms with van der Waals surface area (Å²) < 4.78 is 40.4. The third-order valence-corrected chi connectivity index (χ3v) is 2.18. The third-order valence-electron chi connectivity index (χ3n) is 2.18. The molecule has 0 aromatic rings. The average Bonchev–Trinajstić information content (AvgIpc) is 2.55. The van der Waals surface area contributed by atoms with Crippen LogP contribution in [0.25, 0.3) is 0 Å². The molecule has 1 heterocycles. The van der Waals surface area contributed by atoms with Gasteiger partial charge in [-0.3, -0.25) is 4.90 Å². The first-order valence-electron chi connectivity index (χ1n) is 4.43. The fourth-order valence-corrected chi connectivity index (χ4v) is 1.44. The molecular weight excluding hydrogens is 183 g/mol. The van der Waals surface area contributed by atoms with E-state index in [2.05, 4.69) is 4.74 Å². The van der Waals surface area contributed by atoms with Crippen molar-refractivity contribution in [2.24, 2.45) is 0 Å². The van der Waals surface area contributed by atoms with Crippen molar-refractivity contribution in [1.82, 2.24) is 4.90 Å². The van der Waals surface area contributed by atoms with E-state index >= 15 is 0 Å². The zero-order valence-corrected chi connectivity index (χ0v) is 7.55. The van der Waals surface area contributed by atoms with Gasteiger partial charge >= 0.3 is 0 Å². The van der Waals surface area contributed by atoms with Crippen LogP contribution < -0.4 is 0 Å². The molecule has 0 radical (unpaired) electrons. The first-order valence-corrected chi connectivity index (χ1v) is 4.43. The molecule has 0 aliphatic carbocycles. The Labute approximate surface area is 75.7 Å². The van der Waals surface area contributed by atoms with Gasteiger partial charge < -0.3 is 4.74 Å². The van der Waals surface area contributed by atoms with Gasteiger partial charge in [-0.2, -0.15) is 0 Å². The van der Waals surface area contributed by atoms with E-state index in [1.165, 1.54) is 0 Å². The lowest BCUT2D eigenvalue weighted by Crippen LogP contribution is -2.36. The molecule has 1 saturated heterocycles. The summed E-state index contributed by atoms with van der Waals surface area (Å²) in [6, 6.07) is 0. The quantitative estimate of drug-likeness (QED) is 0.683. The number of hydrogen-bond acceptors (Lipinski definition) is 2. The highest BCUT2D eigenvalue weighted by Gasteiger charge is 2.26. The number of ether oxygens (including phenoxy) is 1. The van der Waals surface area contributed by atoms with Crippen molar-refractivity contribution < 1.29 is 17.9 Å². The molecule has 78 valence electrons. The zero-order chi connectivity index (χ0) is 9.84. The van der Waals surface area contributed by atoms with Crippen LogP contribution in [-0.2, 0) is 4.74 Å². The maximum Gasteiger partial charge on any atom is 0.293 e. The monoisotopic (exact) mass is 197 g/mol. The number of nitrogens with zero attached hydrogens (tertiary/aromatic N) is 1. The van der Waals surface area contributed by atoms with E-state index in [1.807, 2.05) is 4.90 Å². The summed E-state index contributed by atoms with van der Waals surface area (Å²) in [5.74, 6) is 0. The highest BCUT2D eigenvalue weighted by molar-refractivity contribution is 4.67. The molecule has 0 aromatic carbocycles. The highest BCUT2D eigenvalue weighted by Crippen LogP contribution is 2.16. The summed E-state index contributed by atoms with van der Waals surface area (Å²) in [6.07, 6.45) is -4.01. The van der Waals surface area contributed by atoms with E-state index in [0.717, 1.165) is 25.9 Å². The molecule has 5 heteroatoms. The second-order valence-corrected chi connectivity index (χ2v) is 3.16. The summed E-state index contributed by atoms with van der Waals surface area (Å²) in [5.41, 5.74) is 0. The minimum absolute atomic E-state index is 0.550. The topological polar surface area (TPSA) is 12.5 Å². The van der Waals surface area contributed by atoms with Gasteiger partial charge in [-0.1, -0.05) is 0 Å². The first-order chi connectivity index (χ1) is 6.11. The number of halogens is 3. The molecule has 1 rings (SSSR count). The summed E-state index contributed by atoms with van der Waals surface area (Å²) in [5, 5.41) is 0. The van der Waals surface area contributed by atoms with Crippen molar-refractivity contribution in [1.29, 1.82) is 0 Å². The minimum atomic E-state index is -3.05. The van der Waals surface area contributed by atoms with Crippen molar-refractivity contribution in [2.75, 3.05) is 13.1 Å². The molecule has 1 fully saturated rings. The maximum atomic E-state index is 12.4. The lowest BCUT2D eigenvalue weighted by molar-refractivity contribution is -0.186. The molecular formula is C8H14F3NO. The van der Waals surface area contributed by atoms with E-state index in [1.54, 1.807) is 6.92 Å². The predicted octanol–water partition coefficient (Wildman–Crippen LogP) is 2.01. The van der Waals surface area contributed by atoms with Crippen LogP contribution in [-0.4, -0.2) is 37.0 Å². The lowest BCUT2D eigenvalue weighted by Gasteiger charge is -2.25. The maximum absolute atomic E-state index is 12.4. The summed E-state index contributed by atoms with van der Waals surface area (Å²) in [7, 11) is 0. The van der Waals surface area contributed by atoms with Crippen molar-refractivity contribution >= 4 is 0 Å². The molecule has 0 saturated carbocycles. The molecule has 1 aliphatic rings. The summed E-state index contributed by atoms with van der Waals surface area (Å²) >= 11 is 0. The number of hydrogen-bond donors (Lipinski definition) is 0. The number of rotatable bonds is 4. The Kier molecular flexibility index (Phi) is 3.99. The van der Waals surface area contributed by atoms with Crippen LogP contribution >= 0.6 is 0 Å². The Bertz CT molecular complexity index is 150. The minimum Gasteiger partial charge on any atom is -0.325 e.